The molecule has 0 aliphatic carbocycles. The van der Waals surface area contributed by atoms with E-state index in [9.17, 15) is 17.7 Å². The number of rotatable bonds is 6. The van der Waals surface area contributed by atoms with Gasteiger partial charge in [0.05, 0.1) is 0 Å². The fourth-order valence-corrected chi connectivity index (χ4v) is 3.23. The third-order valence-corrected chi connectivity index (χ3v) is 4.40. The number of phosphoric acid groups is 1. The molecule has 0 fully saturated rings. The van der Waals surface area contributed by atoms with E-state index in [0.717, 1.165) is 0 Å². The molecule has 0 saturated heterocycles. The average Bonchev–Trinajstić information content (AvgIpc) is 2.61. The lowest BCUT2D eigenvalue weighted by Gasteiger charge is -2.19. The van der Waals surface area contributed by atoms with Crippen LogP contribution in [0.5, 0.6) is 17.2 Å². The molecule has 3 aromatic rings. The van der Waals surface area contributed by atoms with E-state index in [0.29, 0.717) is 12.1 Å². The Balaban J connectivity index is 1.93. The SMILES string of the molecule is O=P(Oc1ccccc1)(Oc1ccccc1)Oc1cc(F)c(F)c(F)c1. The maximum absolute atomic E-state index is 13.4. The number of benzene rings is 3. The molecule has 0 heterocycles. The van der Waals surface area contributed by atoms with Gasteiger partial charge in [-0.25, -0.2) is 13.2 Å². The third kappa shape index (κ3) is 4.37. The van der Waals surface area contributed by atoms with Gasteiger partial charge in [-0.3, -0.25) is 0 Å². The molecule has 0 aromatic heterocycles. The highest BCUT2D eigenvalue weighted by Crippen LogP contribution is 2.49. The molecule has 0 atom stereocenters. The average molecular weight is 380 g/mol. The van der Waals surface area contributed by atoms with Crippen LogP contribution in [-0.4, -0.2) is 0 Å². The van der Waals surface area contributed by atoms with Crippen molar-refractivity contribution in [3.05, 3.63) is 90.2 Å². The summed E-state index contributed by atoms with van der Waals surface area (Å²) in [5, 5.41) is 0. The minimum Gasteiger partial charge on any atom is -0.386 e. The number of phosphoric ester groups is 1. The standard InChI is InChI=1S/C18H12F3O4P/c19-16-11-15(12-17(20)18(16)21)25-26(22,23-13-7-3-1-4-8-13)24-14-9-5-2-6-10-14/h1-12H. The van der Waals surface area contributed by atoms with E-state index >= 15 is 0 Å². The second kappa shape index (κ2) is 7.54. The summed E-state index contributed by atoms with van der Waals surface area (Å²) in [7, 11) is -4.40. The lowest BCUT2D eigenvalue weighted by molar-refractivity contribution is 0.296. The van der Waals surface area contributed by atoms with Gasteiger partial charge in [-0.1, -0.05) is 36.4 Å². The molecule has 0 saturated carbocycles. The van der Waals surface area contributed by atoms with Crippen molar-refractivity contribution in [3.8, 4) is 17.2 Å². The normalized spacial score (nSPS) is 11.0. The van der Waals surface area contributed by atoms with E-state index in [1.807, 2.05) is 0 Å². The molecular formula is C18H12F3O4P. The van der Waals surface area contributed by atoms with E-state index in [4.69, 9.17) is 13.6 Å². The third-order valence-electron chi connectivity index (χ3n) is 3.10. The van der Waals surface area contributed by atoms with Gasteiger partial charge in [0.15, 0.2) is 17.5 Å². The Kier molecular flexibility index (Phi) is 5.19. The Hall–Kier alpha value is -2.92. The van der Waals surface area contributed by atoms with E-state index in [1.54, 1.807) is 36.4 Å². The van der Waals surface area contributed by atoms with Crippen LogP contribution in [0.15, 0.2) is 72.8 Å². The zero-order valence-electron chi connectivity index (χ0n) is 13.1. The van der Waals surface area contributed by atoms with Crippen LogP contribution in [0.4, 0.5) is 13.2 Å². The molecule has 0 bridgehead atoms. The second-order valence-corrected chi connectivity index (χ2v) is 6.49. The molecule has 3 rings (SSSR count). The minimum atomic E-state index is -4.40. The molecule has 0 N–H and O–H groups in total. The number of para-hydroxylation sites is 2. The quantitative estimate of drug-likeness (QED) is 0.404. The molecule has 4 nitrogen and oxygen atoms in total. The van der Waals surface area contributed by atoms with Gasteiger partial charge in [-0.05, 0) is 24.3 Å². The van der Waals surface area contributed by atoms with E-state index in [2.05, 4.69) is 0 Å². The second-order valence-electron chi connectivity index (χ2n) is 5.05. The van der Waals surface area contributed by atoms with Gasteiger partial charge in [0.1, 0.15) is 17.2 Å². The van der Waals surface area contributed by atoms with Crippen LogP contribution < -0.4 is 13.6 Å². The van der Waals surface area contributed by atoms with Crippen molar-refractivity contribution in [1.82, 2.24) is 0 Å². The first-order chi connectivity index (χ1) is 12.5. The zero-order chi connectivity index (χ0) is 18.6. The smallest absolute Gasteiger partial charge is 0.386 e. The topological polar surface area (TPSA) is 44.8 Å². The molecule has 8 heteroatoms. The maximum Gasteiger partial charge on any atom is 0.647 e. The van der Waals surface area contributed by atoms with E-state index in [1.165, 1.54) is 24.3 Å². The van der Waals surface area contributed by atoms with Crippen LogP contribution in [0.2, 0.25) is 0 Å². The van der Waals surface area contributed by atoms with Gasteiger partial charge in [-0.2, -0.15) is 4.57 Å². The molecule has 134 valence electrons. The van der Waals surface area contributed by atoms with E-state index < -0.39 is 31.0 Å². The van der Waals surface area contributed by atoms with Crippen molar-refractivity contribution in [1.29, 1.82) is 0 Å². The summed E-state index contributed by atoms with van der Waals surface area (Å²) in [6.45, 7) is 0. The number of hydrogen-bond acceptors (Lipinski definition) is 4. The van der Waals surface area contributed by atoms with Crippen molar-refractivity contribution in [2.24, 2.45) is 0 Å². The monoisotopic (exact) mass is 380 g/mol. The molecule has 26 heavy (non-hydrogen) atoms. The summed E-state index contributed by atoms with van der Waals surface area (Å²) < 4.78 is 68.6. The van der Waals surface area contributed by atoms with Gasteiger partial charge in [0, 0.05) is 12.1 Å². The van der Waals surface area contributed by atoms with Gasteiger partial charge >= 0.3 is 7.82 Å². The Bertz CT molecular complexity index is 867. The highest BCUT2D eigenvalue weighted by atomic mass is 31.2. The molecule has 0 radical (unpaired) electrons. The summed E-state index contributed by atoms with van der Waals surface area (Å²) in [6, 6.07) is 17.0. The molecule has 0 aliphatic heterocycles. The van der Waals surface area contributed by atoms with Gasteiger partial charge in [-0.15, -0.1) is 0 Å². The lowest BCUT2D eigenvalue weighted by atomic mass is 10.3. The summed E-state index contributed by atoms with van der Waals surface area (Å²) in [4.78, 5) is 0. The molecule has 0 amide bonds. The highest BCUT2D eigenvalue weighted by Gasteiger charge is 2.33. The predicted molar refractivity (Wildman–Crippen MR) is 88.7 cm³/mol. The first-order valence-electron chi connectivity index (χ1n) is 7.39. The van der Waals surface area contributed by atoms with E-state index in [-0.39, 0.29) is 11.5 Å². The number of halogens is 3. The summed E-state index contributed by atoms with van der Waals surface area (Å²) in [6.07, 6.45) is 0. The fraction of sp³-hybridized carbons (Fsp3) is 0. The summed E-state index contributed by atoms with van der Waals surface area (Å²) in [5.41, 5.74) is 0. The molecule has 0 spiro atoms. The first-order valence-corrected chi connectivity index (χ1v) is 8.85. The first kappa shape index (κ1) is 17.9. The minimum absolute atomic E-state index is 0.148. The predicted octanol–water partition coefficient (Wildman–Crippen LogP) is 5.75. The van der Waals surface area contributed by atoms with Crippen molar-refractivity contribution >= 4 is 7.82 Å². The Morgan fingerprint density at radius 1 is 0.615 bits per heavy atom. The van der Waals surface area contributed by atoms with Crippen LogP contribution in [0.1, 0.15) is 0 Å². The molecule has 3 aromatic carbocycles. The van der Waals surface area contributed by atoms with Crippen LogP contribution >= 0.6 is 7.82 Å². The maximum atomic E-state index is 13.4. The van der Waals surface area contributed by atoms with Gasteiger partial charge in [0.2, 0.25) is 0 Å². The summed E-state index contributed by atoms with van der Waals surface area (Å²) in [5.74, 6) is -4.90. The van der Waals surface area contributed by atoms with Crippen LogP contribution in [0.3, 0.4) is 0 Å². The number of hydrogen-bond donors (Lipinski definition) is 0. The van der Waals surface area contributed by atoms with Crippen molar-refractivity contribution in [2.75, 3.05) is 0 Å². The van der Waals surface area contributed by atoms with Crippen LogP contribution in [0, 0.1) is 17.5 Å². The molecule has 0 unspecified atom stereocenters. The van der Waals surface area contributed by atoms with Gasteiger partial charge in [0.25, 0.3) is 0 Å². The lowest BCUT2D eigenvalue weighted by Crippen LogP contribution is -2.08. The molecule has 0 aliphatic rings. The largest absolute Gasteiger partial charge is 0.647 e. The Labute approximate surface area is 147 Å². The summed E-state index contributed by atoms with van der Waals surface area (Å²) >= 11 is 0. The van der Waals surface area contributed by atoms with Crippen molar-refractivity contribution in [2.45, 2.75) is 0 Å². The molecular weight excluding hydrogens is 368 g/mol. The van der Waals surface area contributed by atoms with Crippen molar-refractivity contribution in [3.63, 3.8) is 0 Å². The highest BCUT2D eigenvalue weighted by molar-refractivity contribution is 7.49. The van der Waals surface area contributed by atoms with Crippen LogP contribution in [-0.2, 0) is 4.57 Å². The van der Waals surface area contributed by atoms with Crippen molar-refractivity contribution < 1.29 is 31.3 Å². The van der Waals surface area contributed by atoms with Crippen LogP contribution in [0.25, 0.3) is 0 Å². The fourth-order valence-electron chi connectivity index (χ4n) is 1.99. The van der Waals surface area contributed by atoms with Gasteiger partial charge < -0.3 is 13.6 Å². The zero-order valence-corrected chi connectivity index (χ0v) is 14.0. The Morgan fingerprint density at radius 2 is 1.00 bits per heavy atom. The Morgan fingerprint density at radius 3 is 1.42 bits per heavy atom.